The minimum atomic E-state index is -3.34. The summed E-state index contributed by atoms with van der Waals surface area (Å²) in [5.74, 6) is 5.25. The first kappa shape index (κ1) is 14.4. The van der Waals surface area contributed by atoms with Gasteiger partial charge in [0.25, 0.3) is 0 Å². The van der Waals surface area contributed by atoms with E-state index in [1.54, 1.807) is 12.1 Å². The molecule has 17 heavy (non-hydrogen) atoms. The molecule has 96 valence electrons. The van der Waals surface area contributed by atoms with Crippen LogP contribution < -0.4 is 10.6 Å². The molecule has 1 aromatic rings. The predicted molar refractivity (Wildman–Crippen MR) is 67.6 cm³/mol. The second-order valence-electron chi connectivity index (χ2n) is 3.50. The molecule has 0 bridgehead atoms. The molecule has 0 radical (unpaired) electrons. The Morgan fingerprint density at radius 3 is 2.53 bits per heavy atom. The molecular weight excluding hydrogens is 310 g/mol. The maximum Gasteiger partial charge on any atom is 0.179 e. The molecule has 0 aromatic heterocycles. The van der Waals surface area contributed by atoms with E-state index < -0.39 is 9.84 Å². The third kappa shape index (κ3) is 3.67. The van der Waals surface area contributed by atoms with Crippen LogP contribution in [0.2, 0.25) is 0 Å². The highest BCUT2D eigenvalue weighted by Crippen LogP contribution is 2.33. The van der Waals surface area contributed by atoms with E-state index in [2.05, 4.69) is 20.8 Å². The maximum atomic E-state index is 11.6. The molecule has 0 spiro atoms. The molecule has 0 amide bonds. The molecule has 0 atom stereocenters. The Morgan fingerprint density at radius 1 is 1.41 bits per heavy atom. The Labute approximate surface area is 109 Å². The highest BCUT2D eigenvalue weighted by molar-refractivity contribution is 9.10. The molecule has 1 rings (SSSR count). The second kappa shape index (κ2) is 5.81. The fourth-order valence-electron chi connectivity index (χ4n) is 1.42. The van der Waals surface area contributed by atoms with E-state index in [9.17, 15) is 8.42 Å². The Bertz CT molecular complexity index is 501. The van der Waals surface area contributed by atoms with Gasteiger partial charge in [0.2, 0.25) is 0 Å². The Morgan fingerprint density at radius 2 is 2.06 bits per heavy atom. The molecule has 1 aromatic carbocycles. The molecule has 5 nitrogen and oxygen atoms in total. The van der Waals surface area contributed by atoms with Gasteiger partial charge in [-0.3, -0.25) is 0 Å². The van der Waals surface area contributed by atoms with E-state index in [1.807, 2.05) is 0 Å². The lowest BCUT2D eigenvalue weighted by molar-refractivity contribution is 0.141. The van der Waals surface area contributed by atoms with Crippen molar-refractivity contribution in [3.63, 3.8) is 0 Å². The molecule has 0 fully saturated rings. The van der Waals surface area contributed by atoms with Gasteiger partial charge >= 0.3 is 0 Å². The summed E-state index contributed by atoms with van der Waals surface area (Å²) in [5.41, 5.74) is 0.809. The smallest absolute Gasteiger partial charge is 0.179 e. The van der Waals surface area contributed by atoms with Crippen LogP contribution in [0, 0.1) is 0 Å². The topological polar surface area (TPSA) is 78.6 Å². The number of methoxy groups -OCH3 is 1. The van der Waals surface area contributed by atoms with Gasteiger partial charge in [0.1, 0.15) is 4.90 Å². The number of hydrogen-bond donors (Lipinski definition) is 1. The van der Waals surface area contributed by atoms with Gasteiger partial charge in [-0.05, 0) is 40.0 Å². The van der Waals surface area contributed by atoms with Crippen molar-refractivity contribution in [1.82, 2.24) is 0 Å². The largest absolute Gasteiger partial charge is 0.494 e. The molecule has 0 saturated carbocycles. The highest BCUT2D eigenvalue weighted by Gasteiger charge is 2.18. The minimum Gasteiger partial charge on any atom is -0.494 e. The summed E-state index contributed by atoms with van der Waals surface area (Å²) in [7, 11) is -1.91. The summed E-state index contributed by atoms with van der Waals surface area (Å²) in [6.07, 6.45) is 1.67. The number of sulfone groups is 1. The van der Waals surface area contributed by atoms with E-state index in [0.717, 1.165) is 11.8 Å². The minimum absolute atomic E-state index is 0.154. The van der Waals surface area contributed by atoms with Crippen LogP contribution in [0.25, 0.3) is 0 Å². The first-order valence-electron chi connectivity index (χ1n) is 4.78. The summed E-state index contributed by atoms with van der Waals surface area (Å²) in [6, 6.07) is 3.35. The molecule has 0 saturated heterocycles. The van der Waals surface area contributed by atoms with Gasteiger partial charge in [0.05, 0.1) is 18.2 Å². The van der Waals surface area contributed by atoms with E-state index >= 15 is 0 Å². The summed E-state index contributed by atoms with van der Waals surface area (Å²) < 4.78 is 28.9. The third-order valence-corrected chi connectivity index (χ3v) is 3.87. The zero-order valence-corrected chi connectivity index (χ0v) is 12.0. The summed E-state index contributed by atoms with van der Waals surface area (Å²) in [6.45, 7) is 0.321. The van der Waals surface area contributed by atoms with Crippen LogP contribution in [0.1, 0.15) is 5.56 Å². The average Bonchev–Trinajstić information content (AvgIpc) is 2.24. The molecule has 7 heteroatoms. The summed E-state index contributed by atoms with van der Waals surface area (Å²) in [5, 5.41) is 0. The predicted octanol–water partition coefficient (Wildman–Crippen LogP) is 1.29. The van der Waals surface area contributed by atoms with Gasteiger partial charge in [0, 0.05) is 6.26 Å². The lowest BCUT2D eigenvalue weighted by atomic mass is 10.1. The maximum absolute atomic E-state index is 11.6. The van der Waals surface area contributed by atoms with E-state index in [0.29, 0.717) is 23.2 Å². The zero-order chi connectivity index (χ0) is 13.1. The normalized spacial score (nSPS) is 11.5. The van der Waals surface area contributed by atoms with Crippen LogP contribution >= 0.6 is 15.9 Å². The van der Waals surface area contributed by atoms with Crippen molar-refractivity contribution in [2.24, 2.45) is 5.90 Å². The quantitative estimate of drug-likeness (QED) is 0.826. The number of rotatable bonds is 5. The van der Waals surface area contributed by atoms with Crippen molar-refractivity contribution >= 4 is 25.8 Å². The first-order valence-corrected chi connectivity index (χ1v) is 7.46. The van der Waals surface area contributed by atoms with Crippen molar-refractivity contribution in [3.8, 4) is 5.75 Å². The van der Waals surface area contributed by atoms with E-state index in [-0.39, 0.29) is 4.90 Å². The van der Waals surface area contributed by atoms with Gasteiger partial charge in [-0.15, -0.1) is 0 Å². The van der Waals surface area contributed by atoms with Crippen molar-refractivity contribution in [2.45, 2.75) is 11.3 Å². The van der Waals surface area contributed by atoms with Crippen LogP contribution in [0.15, 0.2) is 21.5 Å². The Kier molecular flexibility index (Phi) is 4.93. The fourth-order valence-corrected chi connectivity index (χ4v) is 3.11. The third-order valence-electron chi connectivity index (χ3n) is 2.18. The van der Waals surface area contributed by atoms with Crippen molar-refractivity contribution in [3.05, 3.63) is 22.2 Å². The average molecular weight is 324 g/mol. The van der Waals surface area contributed by atoms with Crippen LogP contribution in [0.4, 0.5) is 0 Å². The highest BCUT2D eigenvalue weighted by atomic mass is 79.9. The van der Waals surface area contributed by atoms with Crippen molar-refractivity contribution in [1.29, 1.82) is 0 Å². The van der Waals surface area contributed by atoms with Gasteiger partial charge in [-0.2, -0.15) is 0 Å². The standard InChI is InChI=1S/C10H14BrNO4S/c1-15-10-8(11)5-7(3-4-16-12)6-9(10)17(2,13)14/h5-6H,3-4,12H2,1-2H3. The van der Waals surface area contributed by atoms with Gasteiger partial charge in [-0.25, -0.2) is 14.3 Å². The number of halogens is 1. The summed E-state index contributed by atoms with van der Waals surface area (Å²) >= 11 is 3.28. The molecule has 2 N–H and O–H groups in total. The Hall–Kier alpha value is -0.630. The van der Waals surface area contributed by atoms with E-state index in [1.165, 1.54) is 7.11 Å². The van der Waals surface area contributed by atoms with Gasteiger partial charge in [-0.1, -0.05) is 0 Å². The Balaban J connectivity index is 3.29. The first-order chi connectivity index (χ1) is 7.90. The van der Waals surface area contributed by atoms with Crippen molar-refractivity contribution in [2.75, 3.05) is 20.0 Å². The molecule has 0 aliphatic rings. The van der Waals surface area contributed by atoms with Crippen LogP contribution in [-0.4, -0.2) is 28.4 Å². The summed E-state index contributed by atoms with van der Waals surface area (Å²) in [4.78, 5) is 4.63. The lowest BCUT2D eigenvalue weighted by Gasteiger charge is -2.11. The van der Waals surface area contributed by atoms with Crippen molar-refractivity contribution < 1.29 is 18.0 Å². The fraction of sp³-hybridized carbons (Fsp3) is 0.400. The van der Waals surface area contributed by atoms with Crippen LogP contribution in [0.3, 0.4) is 0 Å². The van der Waals surface area contributed by atoms with Gasteiger partial charge in [0.15, 0.2) is 15.6 Å². The number of hydrogen-bond acceptors (Lipinski definition) is 5. The monoisotopic (exact) mass is 323 g/mol. The number of ether oxygens (including phenoxy) is 1. The number of benzene rings is 1. The van der Waals surface area contributed by atoms with E-state index in [4.69, 9.17) is 10.6 Å². The van der Waals surface area contributed by atoms with Crippen LogP contribution in [-0.2, 0) is 21.1 Å². The molecule has 0 heterocycles. The zero-order valence-electron chi connectivity index (χ0n) is 9.57. The molecule has 0 aliphatic heterocycles. The molecule has 0 unspecified atom stereocenters. The second-order valence-corrected chi connectivity index (χ2v) is 6.34. The van der Waals surface area contributed by atoms with Gasteiger partial charge < -0.3 is 9.57 Å². The SMILES string of the molecule is COc1c(Br)cc(CCON)cc1S(C)(=O)=O. The van der Waals surface area contributed by atoms with Crippen LogP contribution in [0.5, 0.6) is 5.75 Å². The molecule has 0 aliphatic carbocycles. The number of nitrogens with two attached hydrogens (primary N) is 1. The lowest BCUT2D eigenvalue weighted by Crippen LogP contribution is -2.06. The molecular formula is C10H14BrNO4S.